The molecule has 0 saturated heterocycles. The number of nitrogens with one attached hydrogen (secondary N) is 1. The van der Waals surface area contributed by atoms with Gasteiger partial charge < -0.3 is 4.57 Å². The van der Waals surface area contributed by atoms with Crippen molar-refractivity contribution in [1.29, 1.82) is 0 Å². The van der Waals surface area contributed by atoms with E-state index in [1.54, 1.807) is 0 Å². The van der Waals surface area contributed by atoms with Crippen LogP contribution in [0.4, 0.5) is 0 Å². The highest BCUT2D eigenvalue weighted by Gasteiger charge is 2.15. The molecule has 2 aromatic heterocycles. The first kappa shape index (κ1) is 14.8. The molecule has 1 N–H and O–H groups in total. The number of nitrogens with zero attached hydrogens (tertiary/aromatic N) is 3. The largest absolute Gasteiger partial charge is 0.351 e. The molecule has 2 aromatic rings. The van der Waals surface area contributed by atoms with Crippen molar-refractivity contribution in [3.8, 4) is 0 Å². The number of Topliss-reactive ketones (excluding diaryl/α,β-unsaturated/α-hetero) is 1. The lowest BCUT2D eigenvalue weighted by Crippen LogP contribution is -2.04. The predicted octanol–water partition coefficient (Wildman–Crippen LogP) is 2.69. The molecule has 0 unspecified atom stereocenters. The van der Waals surface area contributed by atoms with Gasteiger partial charge in [0.1, 0.15) is 5.82 Å². The van der Waals surface area contributed by atoms with Crippen LogP contribution in [-0.2, 0) is 13.5 Å². The summed E-state index contributed by atoms with van der Waals surface area (Å²) in [5.41, 5.74) is 2.90. The number of aryl methyl sites for hydroxylation is 2. The van der Waals surface area contributed by atoms with Crippen molar-refractivity contribution in [3.05, 3.63) is 28.8 Å². The van der Waals surface area contributed by atoms with E-state index in [0.717, 1.165) is 35.6 Å². The zero-order valence-corrected chi connectivity index (χ0v) is 13.2. The van der Waals surface area contributed by atoms with E-state index in [9.17, 15) is 4.79 Å². The van der Waals surface area contributed by atoms with Crippen molar-refractivity contribution in [2.24, 2.45) is 7.05 Å². The van der Waals surface area contributed by atoms with E-state index < -0.39 is 0 Å². The fourth-order valence-corrected chi connectivity index (χ4v) is 2.74. The zero-order valence-electron chi connectivity index (χ0n) is 12.4. The molecule has 0 aromatic carbocycles. The predicted molar refractivity (Wildman–Crippen MR) is 80.3 cm³/mol. The zero-order chi connectivity index (χ0) is 14.7. The molecule has 0 spiro atoms. The van der Waals surface area contributed by atoms with Crippen LogP contribution in [-0.4, -0.2) is 31.3 Å². The van der Waals surface area contributed by atoms with Crippen molar-refractivity contribution in [1.82, 2.24) is 19.7 Å². The van der Waals surface area contributed by atoms with E-state index in [2.05, 4.69) is 22.1 Å². The average Bonchev–Trinajstić information content (AvgIpc) is 2.97. The molecule has 0 aliphatic carbocycles. The van der Waals surface area contributed by atoms with Crippen LogP contribution in [0.2, 0.25) is 0 Å². The Bertz CT molecular complexity index is 615. The highest BCUT2D eigenvalue weighted by atomic mass is 32.2. The van der Waals surface area contributed by atoms with Crippen LogP contribution in [0.3, 0.4) is 0 Å². The van der Waals surface area contributed by atoms with Gasteiger partial charge in [0.15, 0.2) is 5.78 Å². The van der Waals surface area contributed by atoms with Crippen molar-refractivity contribution in [2.45, 2.75) is 38.8 Å². The lowest BCUT2D eigenvalue weighted by Gasteiger charge is -2.01. The molecule has 0 bridgehead atoms. The van der Waals surface area contributed by atoms with E-state index in [1.165, 1.54) is 11.8 Å². The highest BCUT2D eigenvalue weighted by Crippen LogP contribution is 2.19. The number of carbonyl (C=O) groups is 1. The van der Waals surface area contributed by atoms with Gasteiger partial charge in [0.25, 0.3) is 0 Å². The molecule has 0 aliphatic heterocycles. The van der Waals surface area contributed by atoms with Gasteiger partial charge in [0, 0.05) is 30.4 Å². The second-order valence-corrected chi connectivity index (χ2v) is 5.81. The van der Waals surface area contributed by atoms with Crippen molar-refractivity contribution in [2.75, 3.05) is 5.75 Å². The number of rotatable bonds is 6. The molecule has 2 rings (SSSR count). The van der Waals surface area contributed by atoms with Crippen molar-refractivity contribution in [3.63, 3.8) is 0 Å². The summed E-state index contributed by atoms with van der Waals surface area (Å²) in [6.07, 6.45) is 1.92. The second-order valence-electron chi connectivity index (χ2n) is 4.87. The number of thioether (sulfide) groups is 1. The SMILES string of the molecule is CCCc1nc(SCC(=O)c2cc(C)n(C)c2C)n[nH]1. The monoisotopic (exact) mass is 292 g/mol. The summed E-state index contributed by atoms with van der Waals surface area (Å²) in [7, 11) is 1.97. The minimum Gasteiger partial charge on any atom is -0.351 e. The van der Waals surface area contributed by atoms with Gasteiger partial charge in [0.05, 0.1) is 5.75 Å². The number of ketones is 1. The molecule has 0 atom stereocenters. The summed E-state index contributed by atoms with van der Waals surface area (Å²) in [5, 5.41) is 7.66. The van der Waals surface area contributed by atoms with Gasteiger partial charge in [0.2, 0.25) is 5.16 Å². The highest BCUT2D eigenvalue weighted by molar-refractivity contribution is 7.99. The number of H-pyrrole nitrogens is 1. The molecule has 0 radical (unpaired) electrons. The van der Waals surface area contributed by atoms with Gasteiger partial charge in [-0.25, -0.2) is 4.98 Å². The Hall–Kier alpha value is -1.56. The minimum absolute atomic E-state index is 0.123. The molecule has 108 valence electrons. The van der Waals surface area contributed by atoms with Crippen LogP contribution in [0, 0.1) is 13.8 Å². The summed E-state index contributed by atoms with van der Waals surface area (Å²) in [6, 6.07) is 1.94. The Morgan fingerprint density at radius 1 is 1.45 bits per heavy atom. The molecule has 0 amide bonds. The number of aromatic amines is 1. The smallest absolute Gasteiger partial charge is 0.208 e. The third-order valence-corrected chi connectivity index (χ3v) is 4.25. The topological polar surface area (TPSA) is 63.6 Å². The second kappa shape index (κ2) is 6.26. The van der Waals surface area contributed by atoms with Crippen LogP contribution >= 0.6 is 11.8 Å². The Morgan fingerprint density at radius 3 is 2.80 bits per heavy atom. The molecule has 6 heteroatoms. The average molecular weight is 292 g/mol. The molecular weight excluding hydrogens is 272 g/mol. The first-order valence-corrected chi connectivity index (χ1v) is 7.71. The number of aromatic nitrogens is 4. The summed E-state index contributed by atoms with van der Waals surface area (Å²) in [5.74, 6) is 1.38. The summed E-state index contributed by atoms with van der Waals surface area (Å²) in [6.45, 7) is 6.07. The van der Waals surface area contributed by atoms with Gasteiger partial charge in [-0.1, -0.05) is 18.7 Å². The van der Waals surface area contributed by atoms with Gasteiger partial charge >= 0.3 is 0 Å². The van der Waals surface area contributed by atoms with E-state index in [0.29, 0.717) is 10.9 Å². The Morgan fingerprint density at radius 2 is 2.20 bits per heavy atom. The molecule has 0 saturated carbocycles. The summed E-state index contributed by atoms with van der Waals surface area (Å²) >= 11 is 1.38. The van der Waals surface area contributed by atoms with Crippen molar-refractivity contribution < 1.29 is 4.79 Å². The Labute approximate surface area is 123 Å². The quantitative estimate of drug-likeness (QED) is 0.657. The van der Waals surface area contributed by atoms with E-state index in [4.69, 9.17) is 0 Å². The maximum absolute atomic E-state index is 12.2. The molecule has 0 fully saturated rings. The first-order valence-electron chi connectivity index (χ1n) is 6.73. The fraction of sp³-hybridized carbons (Fsp3) is 0.500. The lowest BCUT2D eigenvalue weighted by molar-refractivity contribution is 0.102. The maximum atomic E-state index is 12.2. The Balaban J connectivity index is 1.99. The van der Waals surface area contributed by atoms with Crippen LogP contribution < -0.4 is 0 Å². The van der Waals surface area contributed by atoms with E-state index >= 15 is 0 Å². The third kappa shape index (κ3) is 3.12. The number of hydrogen-bond acceptors (Lipinski definition) is 4. The first-order chi connectivity index (χ1) is 9.52. The lowest BCUT2D eigenvalue weighted by atomic mass is 10.2. The maximum Gasteiger partial charge on any atom is 0.208 e. The van der Waals surface area contributed by atoms with Gasteiger partial charge in [-0.15, -0.1) is 5.10 Å². The van der Waals surface area contributed by atoms with Gasteiger partial charge in [-0.2, -0.15) is 0 Å². The van der Waals surface area contributed by atoms with Crippen molar-refractivity contribution >= 4 is 17.5 Å². The Kier molecular flexibility index (Phi) is 4.65. The minimum atomic E-state index is 0.123. The van der Waals surface area contributed by atoms with Crippen LogP contribution in [0.25, 0.3) is 0 Å². The molecule has 5 nitrogen and oxygen atoms in total. The molecular formula is C14H20N4OS. The molecule has 20 heavy (non-hydrogen) atoms. The normalized spacial score (nSPS) is 11.0. The molecule has 2 heterocycles. The summed E-state index contributed by atoms with van der Waals surface area (Å²) < 4.78 is 2.03. The van der Waals surface area contributed by atoms with Gasteiger partial charge in [-0.3, -0.25) is 9.89 Å². The van der Waals surface area contributed by atoms with E-state index in [-0.39, 0.29) is 5.78 Å². The van der Waals surface area contributed by atoms with Crippen LogP contribution in [0.1, 0.15) is 40.9 Å². The van der Waals surface area contributed by atoms with Crippen LogP contribution in [0.15, 0.2) is 11.2 Å². The standard InChI is InChI=1S/C14H20N4OS/c1-5-6-13-15-14(17-16-13)20-8-12(19)11-7-9(2)18(4)10(11)3/h7H,5-6,8H2,1-4H3,(H,15,16,17). The fourth-order valence-electron chi connectivity index (χ4n) is 2.04. The number of carbonyl (C=O) groups excluding carboxylic acids is 1. The third-order valence-electron chi connectivity index (χ3n) is 3.41. The van der Waals surface area contributed by atoms with Crippen LogP contribution in [0.5, 0.6) is 0 Å². The van der Waals surface area contributed by atoms with Gasteiger partial charge in [-0.05, 0) is 26.3 Å². The molecule has 0 aliphatic rings. The summed E-state index contributed by atoms with van der Waals surface area (Å²) in [4.78, 5) is 16.6. The van der Waals surface area contributed by atoms with E-state index in [1.807, 2.05) is 31.5 Å². The number of hydrogen-bond donors (Lipinski definition) is 1.